The molecule has 0 saturated heterocycles. The summed E-state index contributed by atoms with van der Waals surface area (Å²) in [4.78, 5) is 24.8. The smallest absolute Gasteiger partial charge is 0.251 e. The van der Waals surface area contributed by atoms with Crippen molar-refractivity contribution in [3.63, 3.8) is 0 Å². The quantitative estimate of drug-likeness (QED) is 0.908. The van der Waals surface area contributed by atoms with Crippen molar-refractivity contribution in [1.29, 1.82) is 0 Å². The van der Waals surface area contributed by atoms with Crippen LogP contribution in [-0.2, 0) is 0 Å². The van der Waals surface area contributed by atoms with Crippen LogP contribution in [0.15, 0.2) is 60.7 Å². The summed E-state index contributed by atoms with van der Waals surface area (Å²) in [6, 6.07) is 18.3. The van der Waals surface area contributed by atoms with Gasteiger partial charge in [0.2, 0.25) is 0 Å². The summed E-state index contributed by atoms with van der Waals surface area (Å²) in [6.45, 7) is 0. The first kappa shape index (κ1) is 16.2. The summed E-state index contributed by atoms with van der Waals surface area (Å²) >= 11 is 0. The first-order valence-electron chi connectivity index (χ1n) is 8.46. The van der Waals surface area contributed by atoms with Crippen molar-refractivity contribution < 1.29 is 9.59 Å². The summed E-state index contributed by atoms with van der Waals surface area (Å²) in [5.74, 6) is -0.164. The first-order chi connectivity index (χ1) is 11.7. The fraction of sp³-hybridized carbons (Fsp3) is 0.300. The zero-order valence-corrected chi connectivity index (χ0v) is 13.6. The lowest BCUT2D eigenvalue weighted by Gasteiger charge is -2.32. The predicted molar refractivity (Wildman–Crippen MR) is 93.9 cm³/mol. The van der Waals surface area contributed by atoms with Crippen LogP contribution >= 0.6 is 0 Å². The minimum atomic E-state index is -0.0820. The molecule has 0 heterocycles. The Labute approximate surface area is 142 Å². The minimum absolute atomic E-state index is 0.0286. The van der Waals surface area contributed by atoms with Gasteiger partial charge in [-0.05, 0) is 37.1 Å². The fourth-order valence-electron chi connectivity index (χ4n) is 3.16. The Morgan fingerprint density at radius 1 is 0.667 bits per heavy atom. The van der Waals surface area contributed by atoms with Gasteiger partial charge >= 0.3 is 0 Å². The molecule has 1 saturated carbocycles. The highest BCUT2D eigenvalue weighted by molar-refractivity contribution is 5.95. The van der Waals surface area contributed by atoms with Crippen LogP contribution in [0.5, 0.6) is 0 Å². The second kappa shape index (κ2) is 7.77. The van der Waals surface area contributed by atoms with Crippen LogP contribution in [0.1, 0.15) is 46.4 Å². The molecule has 2 aromatic carbocycles. The Bertz CT molecular complexity index is 624. The van der Waals surface area contributed by atoms with E-state index < -0.39 is 0 Å². The third kappa shape index (κ3) is 4.02. The van der Waals surface area contributed by atoms with Crippen LogP contribution in [-0.4, -0.2) is 23.9 Å². The third-order valence-electron chi connectivity index (χ3n) is 4.47. The molecule has 4 nitrogen and oxygen atoms in total. The monoisotopic (exact) mass is 322 g/mol. The van der Waals surface area contributed by atoms with E-state index in [0.717, 1.165) is 25.7 Å². The molecule has 1 fully saturated rings. The molecule has 0 aliphatic heterocycles. The summed E-state index contributed by atoms with van der Waals surface area (Å²) < 4.78 is 0. The molecule has 1 aliphatic rings. The minimum Gasteiger partial charge on any atom is -0.347 e. The molecule has 0 bridgehead atoms. The van der Waals surface area contributed by atoms with Crippen molar-refractivity contribution >= 4 is 11.8 Å². The van der Waals surface area contributed by atoms with E-state index in [2.05, 4.69) is 10.6 Å². The van der Waals surface area contributed by atoms with Gasteiger partial charge in [-0.15, -0.1) is 0 Å². The Morgan fingerprint density at radius 3 is 1.42 bits per heavy atom. The van der Waals surface area contributed by atoms with E-state index in [1.54, 1.807) is 24.3 Å². The topological polar surface area (TPSA) is 58.2 Å². The van der Waals surface area contributed by atoms with E-state index in [4.69, 9.17) is 0 Å². The lowest BCUT2D eigenvalue weighted by Crippen LogP contribution is -2.53. The number of carbonyl (C=O) groups excluding carboxylic acids is 2. The Balaban J connectivity index is 1.65. The highest BCUT2D eigenvalue weighted by Crippen LogP contribution is 2.19. The fourth-order valence-corrected chi connectivity index (χ4v) is 3.16. The molecule has 3 rings (SSSR count). The van der Waals surface area contributed by atoms with Crippen molar-refractivity contribution in [2.24, 2.45) is 0 Å². The van der Waals surface area contributed by atoms with Gasteiger partial charge in [-0.2, -0.15) is 0 Å². The van der Waals surface area contributed by atoms with E-state index >= 15 is 0 Å². The van der Waals surface area contributed by atoms with E-state index in [9.17, 15) is 9.59 Å². The lowest BCUT2D eigenvalue weighted by molar-refractivity contribution is 0.0863. The molecule has 124 valence electrons. The van der Waals surface area contributed by atoms with Crippen molar-refractivity contribution in [1.82, 2.24) is 10.6 Å². The largest absolute Gasteiger partial charge is 0.347 e. The van der Waals surface area contributed by atoms with Crippen LogP contribution in [0.2, 0.25) is 0 Å². The molecule has 0 spiro atoms. The number of hydrogen-bond donors (Lipinski definition) is 2. The molecule has 2 atom stereocenters. The van der Waals surface area contributed by atoms with Gasteiger partial charge in [-0.3, -0.25) is 9.59 Å². The highest BCUT2D eigenvalue weighted by Gasteiger charge is 2.28. The SMILES string of the molecule is O=C(N[C@@H]1CCCC[C@H]1NC(=O)c1ccccc1)c1ccccc1. The summed E-state index contributed by atoms with van der Waals surface area (Å²) in [5, 5.41) is 6.18. The number of carbonyl (C=O) groups is 2. The molecule has 0 radical (unpaired) electrons. The van der Waals surface area contributed by atoms with Gasteiger partial charge in [0.1, 0.15) is 0 Å². The molecule has 2 aromatic rings. The number of rotatable bonds is 4. The van der Waals surface area contributed by atoms with Crippen LogP contribution in [0.4, 0.5) is 0 Å². The van der Waals surface area contributed by atoms with Gasteiger partial charge in [-0.1, -0.05) is 49.2 Å². The van der Waals surface area contributed by atoms with Crippen molar-refractivity contribution in [2.45, 2.75) is 37.8 Å². The third-order valence-corrected chi connectivity index (χ3v) is 4.47. The van der Waals surface area contributed by atoms with Gasteiger partial charge in [0.05, 0.1) is 0 Å². The van der Waals surface area contributed by atoms with E-state index in [1.165, 1.54) is 0 Å². The molecule has 24 heavy (non-hydrogen) atoms. The van der Waals surface area contributed by atoms with Gasteiger partial charge in [0, 0.05) is 23.2 Å². The van der Waals surface area contributed by atoms with Crippen LogP contribution in [0.3, 0.4) is 0 Å². The second-order valence-corrected chi connectivity index (χ2v) is 6.18. The van der Waals surface area contributed by atoms with Gasteiger partial charge in [0.15, 0.2) is 0 Å². The summed E-state index contributed by atoms with van der Waals surface area (Å²) in [5.41, 5.74) is 1.30. The normalized spacial score (nSPS) is 20.2. The lowest BCUT2D eigenvalue weighted by atomic mass is 9.89. The maximum absolute atomic E-state index is 12.4. The Kier molecular flexibility index (Phi) is 5.26. The molecule has 0 aromatic heterocycles. The van der Waals surface area contributed by atoms with Crippen molar-refractivity contribution in [2.75, 3.05) is 0 Å². The number of amides is 2. The standard InChI is InChI=1S/C20H22N2O2/c23-19(15-9-3-1-4-10-15)21-17-13-7-8-14-18(17)22-20(24)16-11-5-2-6-12-16/h1-6,9-12,17-18H,7-8,13-14H2,(H,21,23)(H,22,24)/t17-,18-/m1/s1. The molecular formula is C20H22N2O2. The van der Waals surface area contributed by atoms with E-state index in [1.807, 2.05) is 36.4 Å². The average molecular weight is 322 g/mol. The predicted octanol–water partition coefficient (Wildman–Crippen LogP) is 3.16. The van der Waals surface area contributed by atoms with Crippen molar-refractivity contribution in [3.8, 4) is 0 Å². The average Bonchev–Trinajstić information content (AvgIpc) is 2.64. The number of nitrogens with one attached hydrogen (secondary N) is 2. The summed E-state index contributed by atoms with van der Waals surface area (Å²) in [6.07, 6.45) is 3.91. The van der Waals surface area contributed by atoms with E-state index in [-0.39, 0.29) is 23.9 Å². The molecule has 0 unspecified atom stereocenters. The highest BCUT2D eigenvalue weighted by atomic mass is 16.2. The zero-order valence-electron chi connectivity index (χ0n) is 13.6. The molecule has 2 amide bonds. The number of hydrogen-bond acceptors (Lipinski definition) is 2. The van der Waals surface area contributed by atoms with E-state index in [0.29, 0.717) is 11.1 Å². The van der Waals surface area contributed by atoms with Crippen LogP contribution in [0, 0.1) is 0 Å². The van der Waals surface area contributed by atoms with Gasteiger partial charge in [-0.25, -0.2) is 0 Å². The Morgan fingerprint density at radius 2 is 1.04 bits per heavy atom. The molecule has 2 N–H and O–H groups in total. The van der Waals surface area contributed by atoms with Gasteiger partial charge in [0.25, 0.3) is 11.8 Å². The second-order valence-electron chi connectivity index (χ2n) is 6.18. The van der Waals surface area contributed by atoms with Gasteiger partial charge < -0.3 is 10.6 Å². The Hall–Kier alpha value is -2.62. The van der Waals surface area contributed by atoms with Crippen molar-refractivity contribution in [3.05, 3.63) is 71.8 Å². The maximum Gasteiger partial charge on any atom is 0.251 e. The van der Waals surface area contributed by atoms with Crippen LogP contribution < -0.4 is 10.6 Å². The molecule has 4 heteroatoms. The molecular weight excluding hydrogens is 300 g/mol. The molecule has 1 aliphatic carbocycles. The zero-order chi connectivity index (χ0) is 16.8. The maximum atomic E-state index is 12.4. The van der Waals surface area contributed by atoms with Crippen LogP contribution in [0.25, 0.3) is 0 Å². The summed E-state index contributed by atoms with van der Waals surface area (Å²) in [7, 11) is 0. The number of benzene rings is 2. The first-order valence-corrected chi connectivity index (χ1v) is 8.46.